The molecule has 0 spiro atoms. The highest BCUT2D eigenvalue weighted by Gasteiger charge is 2.65. The van der Waals surface area contributed by atoms with E-state index in [0.29, 0.717) is 17.5 Å². The molecule has 1 saturated heterocycles. The van der Waals surface area contributed by atoms with Crippen molar-refractivity contribution in [1.29, 1.82) is 0 Å². The Labute approximate surface area is 213 Å². The zero-order valence-electron chi connectivity index (χ0n) is 20.7. The first kappa shape index (κ1) is 24.5. The Bertz CT molecular complexity index is 1320. The quantitative estimate of drug-likeness (QED) is 0.391. The molecular weight excluding hydrogens is 472 g/mol. The minimum atomic E-state index is -4.07. The van der Waals surface area contributed by atoms with Crippen molar-refractivity contribution in [2.24, 2.45) is 11.8 Å². The summed E-state index contributed by atoms with van der Waals surface area (Å²) in [6.45, 7) is 6.67. The molecule has 5 rings (SSSR count). The van der Waals surface area contributed by atoms with Crippen molar-refractivity contribution in [3.05, 3.63) is 96.1 Å². The predicted octanol–water partition coefficient (Wildman–Crippen LogP) is 4.81. The summed E-state index contributed by atoms with van der Waals surface area (Å²) in [5.41, 5.74) is 2.78. The first-order chi connectivity index (χ1) is 17.3. The number of hydrogen-bond donors (Lipinski definition) is 0. The van der Waals surface area contributed by atoms with Gasteiger partial charge in [-0.2, -0.15) is 8.42 Å². The van der Waals surface area contributed by atoms with Crippen LogP contribution in [0, 0.1) is 11.8 Å². The van der Waals surface area contributed by atoms with Gasteiger partial charge in [0, 0.05) is 25.4 Å². The van der Waals surface area contributed by atoms with Crippen LogP contribution in [0.15, 0.2) is 89.8 Å². The highest BCUT2D eigenvalue weighted by atomic mass is 32.2. The van der Waals surface area contributed by atoms with E-state index in [2.05, 4.69) is 48.2 Å². The van der Waals surface area contributed by atoms with E-state index in [4.69, 9.17) is 4.84 Å². The first-order valence-corrected chi connectivity index (χ1v) is 13.9. The molecule has 0 amide bonds. The van der Waals surface area contributed by atoms with Crippen LogP contribution in [-0.4, -0.2) is 38.9 Å². The number of carbonyl (C=O) groups is 1. The number of nitrogens with zero attached hydrogens (tertiary/aromatic N) is 2. The van der Waals surface area contributed by atoms with Crippen molar-refractivity contribution in [1.82, 2.24) is 4.90 Å². The average molecular weight is 505 g/mol. The van der Waals surface area contributed by atoms with Crippen molar-refractivity contribution in [3.63, 3.8) is 0 Å². The monoisotopic (exact) mass is 504 g/mol. The van der Waals surface area contributed by atoms with Gasteiger partial charge in [-0.15, -0.1) is 0 Å². The summed E-state index contributed by atoms with van der Waals surface area (Å²) >= 11 is 0. The van der Waals surface area contributed by atoms with E-state index in [1.54, 1.807) is 24.3 Å². The first-order valence-electron chi connectivity index (χ1n) is 12.5. The summed E-state index contributed by atoms with van der Waals surface area (Å²) < 4.78 is 27.4. The Morgan fingerprint density at radius 2 is 1.61 bits per heavy atom. The van der Waals surface area contributed by atoms with Crippen LogP contribution in [0.5, 0.6) is 0 Å². The Hall–Kier alpha value is -3.16. The van der Waals surface area contributed by atoms with Gasteiger partial charge in [0.25, 0.3) is 10.0 Å². The van der Waals surface area contributed by atoms with E-state index < -0.39 is 16.0 Å². The maximum absolute atomic E-state index is 13.3. The number of benzene rings is 3. The molecule has 0 bridgehead atoms. The Balaban J connectivity index is 1.29. The second-order valence-electron chi connectivity index (χ2n) is 10.0. The second kappa shape index (κ2) is 9.71. The fraction of sp³-hybridized carbons (Fsp3) is 0.345. The van der Waals surface area contributed by atoms with Crippen molar-refractivity contribution in [2.75, 3.05) is 24.1 Å². The van der Waals surface area contributed by atoms with E-state index in [-0.39, 0.29) is 10.3 Å². The number of piperidine rings is 1. The van der Waals surface area contributed by atoms with Crippen LogP contribution in [0.25, 0.3) is 0 Å². The fourth-order valence-electron chi connectivity index (χ4n) is 5.72. The van der Waals surface area contributed by atoms with Crippen molar-refractivity contribution < 1.29 is 18.0 Å². The molecule has 6 nitrogen and oxygen atoms in total. The highest BCUT2D eigenvalue weighted by Crippen LogP contribution is 2.63. The van der Waals surface area contributed by atoms with Crippen molar-refractivity contribution in [3.8, 4) is 0 Å². The van der Waals surface area contributed by atoms with Crippen LogP contribution in [0.3, 0.4) is 0 Å². The molecule has 188 valence electrons. The molecule has 1 heterocycles. The lowest BCUT2D eigenvalue weighted by atomic mass is 9.92. The third kappa shape index (κ3) is 4.65. The molecule has 0 aromatic heterocycles. The van der Waals surface area contributed by atoms with E-state index in [0.717, 1.165) is 42.5 Å². The van der Waals surface area contributed by atoms with Crippen LogP contribution in [0.1, 0.15) is 31.4 Å². The molecule has 1 aliphatic carbocycles. The predicted molar refractivity (Wildman–Crippen MR) is 140 cm³/mol. The van der Waals surface area contributed by atoms with E-state index >= 15 is 0 Å². The number of sulfonamides is 1. The van der Waals surface area contributed by atoms with Gasteiger partial charge in [0.15, 0.2) is 0 Å². The smallest absolute Gasteiger partial charge is 0.326 e. The van der Waals surface area contributed by atoms with Gasteiger partial charge < -0.3 is 9.74 Å². The summed E-state index contributed by atoms with van der Waals surface area (Å²) in [7, 11) is -4.07. The maximum Gasteiger partial charge on any atom is 0.330 e. The molecule has 3 aromatic carbocycles. The number of aryl methyl sites for hydroxylation is 1. The number of likely N-dealkylation sites (tertiary alicyclic amines) is 1. The highest BCUT2D eigenvalue weighted by molar-refractivity contribution is 7.92. The molecule has 7 heteroatoms. The van der Waals surface area contributed by atoms with Crippen LogP contribution in [-0.2, 0) is 31.5 Å². The molecule has 2 aliphatic rings. The second-order valence-corrected chi connectivity index (χ2v) is 11.8. The summed E-state index contributed by atoms with van der Waals surface area (Å²) in [5.74, 6) is 0.385. The lowest BCUT2D eigenvalue weighted by Crippen LogP contribution is -2.33. The summed E-state index contributed by atoms with van der Waals surface area (Å²) in [6, 6.07) is 26.1. The van der Waals surface area contributed by atoms with Crippen LogP contribution in [0.2, 0.25) is 0 Å². The minimum absolute atomic E-state index is 0.00958. The largest absolute Gasteiger partial charge is 0.330 e. The zero-order chi connectivity index (χ0) is 25.3. The van der Waals surface area contributed by atoms with Crippen LogP contribution < -0.4 is 4.47 Å². The fourth-order valence-corrected chi connectivity index (χ4v) is 7.01. The van der Waals surface area contributed by atoms with Gasteiger partial charge in [0.1, 0.15) is 0 Å². The topological polar surface area (TPSA) is 66.9 Å². The standard InChI is InChI=1S/C29H32N2O4S/c1-22(32)35-31(36(33,34)26-16-7-4-8-17-26)25-15-9-14-24(19-25)29(2)27-20-30(21-28(27)29)18-10-13-23-11-5-3-6-12-23/h3-9,11-12,14-17,19,27-28H,10,13,18,20-21H2,1-2H3. The molecule has 1 aliphatic heterocycles. The van der Waals surface area contributed by atoms with Gasteiger partial charge in [-0.05, 0) is 66.6 Å². The molecule has 2 fully saturated rings. The van der Waals surface area contributed by atoms with E-state index in [1.807, 2.05) is 12.1 Å². The lowest BCUT2D eigenvalue weighted by molar-refractivity contribution is -0.140. The van der Waals surface area contributed by atoms with Gasteiger partial charge in [-0.3, -0.25) is 0 Å². The van der Waals surface area contributed by atoms with E-state index in [1.165, 1.54) is 24.6 Å². The molecule has 0 N–H and O–H groups in total. The van der Waals surface area contributed by atoms with Gasteiger partial charge >= 0.3 is 5.97 Å². The van der Waals surface area contributed by atoms with Crippen LogP contribution >= 0.6 is 0 Å². The van der Waals surface area contributed by atoms with Gasteiger partial charge in [-0.1, -0.05) is 72.1 Å². The maximum atomic E-state index is 13.3. The Morgan fingerprint density at radius 1 is 0.972 bits per heavy atom. The zero-order valence-corrected chi connectivity index (χ0v) is 21.5. The summed E-state index contributed by atoms with van der Waals surface area (Å²) in [5, 5.41) is 0. The Morgan fingerprint density at radius 3 is 2.25 bits per heavy atom. The molecule has 36 heavy (non-hydrogen) atoms. The molecule has 1 saturated carbocycles. The third-order valence-corrected chi connectivity index (χ3v) is 9.35. The van der Waals surface area contributed by atoms with Gasteiger partial charge in [-0.25, -0.2) is 4.79 Å². The molecule has 2 unspecified atom stereocenters. The number of fused-ring (bicyclic) bond motifs is 1. The minimum Gasteiger partial charge on any atom is -0.326 e. The van der Waals surface area contributed by atoms with Gasteiger partial charge in [0.05, 0.1) is 10.6 Å². The number of hydrogen-bond acceptors (Lipinski definition) is 5. The SMILES string of the molecule is CC(=O)ON(c1cccc(C2(C)C3CN(CCCc4ccccc4)CC32)c1)S(=O)(=O)c1ccccc1. The van der Waals surface area contributed by atoms with Crippen molar-refractivity contribution >= 4 is 21.7 Å². The third-order valence-electron chi connectivity index (χ3n) is 7.76. The molecule has 3 aromatic rings. The average Bonchev–Trinajstić information content (AvgIpc) is 3.21. The molecular formula is C29H32N2O4S. The normalized spacial score (nSPS) is 23.2. The number of anilines is 1. The van der Waals surface area contributed by atoms with Crippen LogP contribution in [0.4, 0.5) is 5.69 Å². The summed E-state index contributed by atoms with van der Waals surface area (Å²) in [6.07, 6.45) is 2.23. The molecule has 2 atom stereocenters. The number of rotatable bonds is 9. The summed E-state index contributed by atoms with van der Waals surface area (Å²) in [4.78, 5) is 19.7. The van der Waals surface area contributed by atoms with Crippen molar-refractivity contribution in [2.45, 2.75) is 37.0 Å². The van der Waals surface area contributed by atoms with Gasteiger partial charge in [0.2, 0.25) is 0 Å². The molecule has 0 radical (unpaired) electrons. The lowest BCUT2D eigenvalue weighted by Gasteiger charge is -2.26. The number of carbonyl (C=O) groups excluding carboxylic acids is 1. The van der Waals surface area contributed by atoms with E-state index in [9.17, 15) is 13.2 Å². The Kier molecular flexibility index (Phi) is 6.62.